The van der Waals surface area contributed by atoms with Crippen molar-refractivity contribution < 1.29 is 4.79 Å². The molecule has 4 heteroatoms. The molecule has 0 aromatic heterocycles. The highest BCUT2D eigenvalue weighted by Crippen LogP contribution is 2.35. The molecule has 2 atom stereocenters. The van der Waals surface area contributed by atoms with Crippen LogP contribution in [0, 0.1) is 5.92 Å². The lowest BCUT2D eigenvalue weighted by atomic mass is 10.0. The first kappa shape index (κ1) is 13.4. The first-order valence-electron chi connectivity index (χ1n) is 6.37. The van der Waals surface area contributed by atoms with Crippen molar-refractivity contribution in [2.45, 2.75) is 37.2 Å². The highest BCUT2D eigenvalue weighted by atomic mass is 32.2. The molecule has 0 bridgehead atoms. The minimum Gasteiger partial charge on any atom is -0.348 e. The topological polar surface area (TPSA) is 55.1 Å². The standard InChI is InChI=1S/C14H20N2OS/c1-9(2)13(15)14(17)16-11-7-8-18-12-6-4-3-5-10(11)12/h3-6,9,11,13H,7-8,15H2,1-2H3,(H,16,17)/t11?,13-/m0/s1. The van der Waals surface area contributed by atoms with Gasteiger partial charge in [-0.15, -0.1) is 11.8 Å². The van der Waals surface area contributed by atoms with E-state index in [1.807, 2.05) is 37.7 Å². The van der Waals surface area contributed by atoms with E-state index in [1.165, 1.54) is 10.5 Å². The van der Waals surface area contributed by atoms with Crippen molar-refractivity contribution in [2.75, 3.05) is 5.75 Å². The van der Waals surface area contributed by atoms with Crippen LogP contribution in [0.5, 0.6) is 0 Å². The Kier molecular flexibility index (Phi) is 4.30. The SMILES string of the molecule is CC(C)[C@H](N)C(=O)NC1CCSc2ccccc21. The first-order valence-corrected chi connectivity index (χ1v) is 7.36. The van der Waals surface area contributed by atoms with E-state index < -0.39 is 6.04 Å². The van der Waals surface area contributed by atoms with Crippen LogP contribution in [0.15, 0.2) is 29.2 Å². The normalized spacial score (nSPS) is 20.3. The van der Waals surface area contributed by atoms with Crippen molar-refractivity contribution in [3.63, 3.8) is 0 Å². The fraction of sp³-hybridized carbons (Fsp3) is 0.500. The van der Waals surface area contributed by atoms with Gasteiger partial charge in [-0.1, -0.05) is 32.0 Å². The Labute approximate surface area is 113 Å². The third-order valence-electron chi connectivity index (χ3n) is 3.30. The number of nitrogens with one attached hydrogen (secondary N) is 1. The molecule has 1 heterocycles. The average Bonchev–Trinajstić information content (AvgIpc) is 2.38. The molecule has 1 amide bonds. The molecule has 1 aromatic rings. The largest absolute Gasteiger partial charge is 0.348 e. The zero-order valence-corrected chi connectivity index (χ0v) is 11.7. The van der Waals surface area contributed by atoms with E-state index >= 15 is 0 Å². The van der Waals surface area contributed by atoms with E-state index in [4.69, 9.17) is 5.73 Å². The van der Waals surface area contributed by atoms with Crippen molar-refractivity contribution in [3.05, 3.63) is 29.8 Å². The molecule has 0 spiro atoms. The number of benzene rings is 1. The second kappa shape index (κ2) is 5.76. The van der Waals surface area contributed by atoms with E-state index in [-0.39, 0.29) is 17.9 Å². The number of amides is 1. The molecule has 0 radical (unpaired) electrons. The summed E-state index contributed by atoms with van der Waals surface area (Å²) in [6.07, 6.45) is 0.970. The summed E-state index contributed by atoms with van der Waals surface area (Å²) in [5, 5.41) is 3.08. The van der Waals surface area contributed by atoms with Gasteiger partial charge in [-0.25, -0.2) is 0 Å². The van der Waals surface area contributed by atoms with Crippen LogP contribution >= 0.6 is 11.8 Å². The second-order valence-electron chi connectivity index (χ2n) is 5.01. The zero-order chi connectivity index (χ0) is 13.1. The van der Waals surface area contributed by atoms with Gasteiger partial charge < -0.3 is 11.1 Å². The van der Waals surface area contributed by atoms with Gasteiger partial charge in [0.1, 0.15) is 0 Å². The molecule has 0 aliphatic carbocycles. The molecule has 0 fully saturated rings. The van der Waals surface area contributed by atoms with Crippen molar-refractivity contribution >= 4 is 17.7 Å². The maximum Gasteiger partial charge on any atom is 0.237 e. The molecular formula is C14H20N2OS. The molecule has 2 rings (SSSR count). The zero-order valence-electron chi connectivity index (χ0n) is 10.8. The number of fused-ring (bicyclic) bond motifs is 1. The van der Waals surface area contributed by atoms with Gasteiger partial charge in [-0.3, -0.25) is 4.79 Å². The Morgan fingerprint density at radius 3 is 2.89 bits per heavy atom. The summed E-state index contributed by atoms with van der Waals surface area (Å²) < 4.78 is 0. The lowest BCUT2D eigenvalue weighted by Crippen LogP contribution is -2.45. The first-order chi connectivity index (χ1) is 8.59. The highest BCUT2D eigenvalue weighted by molar-refractivity contribution is 7.99. The third-order valence-corrected chi connectivity index (χ3v) is 4.42. The Morgan fingerprint density at radius 2 is 2.17 bits per heavy atom. The lowest BCUT2D eigenvalue weighted by molar-refractivity contribution is -0.124. The van der Waals surface area contributed by atoms with E-state index in [0.717, 1.165) is 12.2 Å². The van der Waals surface area contributed by atoms with Crippen LogP contribution in [0.25, 0.3) is 0 Å². The number of thioether (sulfide) groups is 1. The fourth-order valence-corrected chi connectivity index (χ4v) is 3.19. The van der Waals surface area contributed by atoms with Crippen molar-refractivity contribution in [3.8, 4) is 0 Å². The average molecular weight is 264 g/mol. The monoisotopic (exact) mass is 264 g/mol. The van der Waals surface area contributed by atoms with Crippen molar-refractivity contribution in [1.29, 1.82) is 0 Å². The van der Waals surface area contributed by atoms with Crippen LogP contribution in [-0.4, -0.2) is 17.7 Å². The van der Waals surface area contributed by atoms with Gasteiger partial charge in [0.05, 0.1) is 12.1 Å². The summed E-state index contributed by atoms with van der Waals surface area (Å²) in [6, 6.07) is 7.95. The van der Waals surface area contributed by atoms with Crippen LogP contribution < -0.4 is 11.1 Å². The van der Waals surface area contributed by atoms with Gasteiger partial charge in [0.2, 0.25) is 5.91 Å². The van der Waals surface area contributed by atoms with E-state index in [2.05, 4.69) is 17.4 Å². The van der Waals surface area contributed by atoms with Gasteiger partial charge >= 0.3 is 0 Å². The Bertz CT molecular complexity index is 434. The van der Waals surface area contributed by atoms with Crippen molar-refractivity contribution in [1.82, 2.24) is 5.32 Å². The fourth-order valence-electron chi connectivity index (χ4n) is 2.06. The molecular weight excluding hydrogens is 244 g/mol. The predicted octanol–water partition coefficient (Wildman–Crippen LogP) is 2.32. The number of hydrogen-bond donors (Lipinski definition) is 2. The molecule has 0 saturated carbocycles. The van der Waals surface area contributed by atoms with E-state index in [1.54, 1.807) is 0 Å². The number of rotatable bonds is 3. The summed E-state index contributed by atoms with van der Waals surface area (Å²) in [5.74, 6) is 1.16. The minimum atomic E-state index is -0.424. The molecule has 1 unspecified atom stereocenters. The summed E-state index contributed by atoms with van der Waals surface area (Å²) in [5.41, 5.74) is 7.10. The summed E-state index contributed by atoms with van der Waals surface area (Å²) in [7, 11) is 0. The maximum absolute atomic E-state index is 12.0. The predicted molar refractivity (Wildman–Crippen MR) is 75.5 cm³/mol. The van der Waals surface area contributed by atoms with Gasteiger partial charge in [0.25, 0.3) is 0 Å². The molecule has 1 aliphatic heterocycles. The molecule has 3 N–H and O–H groups in total. The van der Waals surface area contributed by atoms with Crippen LogP contribution in [0.2, 0.25) is 0 Å². The van der Waals surface area contributed by atoms with Crippen molar-refractivity contribution in [2.24, 2.45) is 11.7 Å². The number of carbonyl (C=O) groups is 1. The van der Waals surface area contributed by atoms with Crippen LogP contribution in [0.4, 0.5) is 0 Å². The maximum atomic E-state index is 12.0. The summed E-state index contributed by atoms with van der Waals surface area (Å²) >= 11 is 1.85. The van der Waals surface area contributed by atoms with Gasteiger partial charge in [0, 0.05) is 10.6 Å². The molecule has 1 aromatic carbocycles. The molecule has 1 aliphatic rings. The van der Waals surface area contributed by atoms with Crippen LogP contribution in [0.3, 0.4) is 0 Å². The van der Waals surface area contributed by atoms with Crippen LogP contribution in [0.1, 0.15) is 31.9 Å². The van der Waals surface area contributed by atoms with Gasteiger partial charge in [-0.05, 0) is 24.0 Å². The second-order valence-corrected chi connectivity index (χ2v) is 6.14. The quantitative estimate of drug-likeness (QED) is 0.881. The Morgan fingerprint density at radius 1 is 1.44 bits per heavy atom. The third kappa shape index (κ3) is 2.87. The van der Waals surface area contributed by atoms with Crippen LogP contribution in [-0.2, 0) is 4.79 Å². The number of nitrogens with two attached hydrogens (primary N) is 1. The molecule has 18 heavy (non-hydrogen) atoms. The summed E-state index contributed by atoms with van der Waals surface area (Å²) in [6.45, 7) is 3.93. The highest BCUT2D eigenvalue weighted by Gasteiger charge is 2.25. The Hall–Kier alpha value is -1.00. The minimum absolute atomic E-state index is 0.0447. The van der Waals surface area contributed by atoms with Gasteiger partial charge in [0.15, 0.2) is 0 Å². The molecule has 0 saturated heterocycles. The van der Waals surface area contributed by atoms with Gasteiger partial charge in [-0.2, -0.15) is 0 Å². The number of hydrogen-bond acceptors (Lipinski definition) is 3. The van der Waals surface area contributed by atoms with E-state index in [9.17, 15) is 4.79 Å². The smallest absolute Gasteiger partial charge is 0.237 e. The van der Waals surface area contributed by atoms with E-state index in [0.29, 0.717) is 0 Å². The molecule has 3 nitrogen and oxygen atoms in total. The lowest BCUT2D eigenvalue weighted by Gasteiger charge is -2.27. The Balaban J connectivity index is 2.10. The number of carbonyl (C=O) groups excluding carboxylic acids is 1. The summed E-state index contributed by atoms with van der Waals surface area (Å²) in [4.78, 5) is 13.3. The molecule has 98 valence electrons.